The molecule has 1 aromatic heterocycles. The van der Waals surface area contributed by atoms with Crippen LogP contribution in [0.5, 0.6) is 5.88 Å². The van der Waals surface area contributed by atoms with Gasteiger partial charge < -0.3 is 15.0 Å². The molecule has 0 atom stereocenters. The van der Waals surface area contributed by atoms with E-state index in [4.69, 9.17) is 16.3 Å². The zero-order chi connectivity index (χ0) is 10.8. The van der Waals surface area contributed by atoms with E-state index < -0.39 is 0 Å². The smallest absolute Gasteiger partial charge is 0.219 e. The first-order chi connectivity index (χ1) is 7.24. The number of nitrogens with one attached hydrogen (secondary N) is 2. The summed E-state index contributed by atoms with van der Waals surface area (Å²) >= 11 is 5.87. The molecule has 15 heavy (non-hydrogen) atoms. The van der Waals surface area contributed by atoms with Crippen molar-refractivity contribution in [1.82, 2.24) is 4.98 Å². The highest BCUT2D eigenvalue weighted by molar-refractivity contribution is 6.70. The number of aromatic amines is 1. The molecule has 6 heteroatoms. The largest absolute Gasteiger partial charge is 0.479 e. The molecule has 1 aromatic rings. The summed E-state index contributed by atoms with van der Waals surface area (Å²) in [5.74, 6) is 2.87. The van der Waals surface area contributed by atoms with E-state index in [1.807, 2.05) is 6.92 Å². The topological polar surface area (TPSA) is 66.5 Å². The highest BCUT2D eigenvalue weighted by Gasteiger charge is 2.19. The Labute approximate surface area is 90.8 Å². The maximum absolute atomic E-state index is 10.4. The van der Waals surface area contributed by atoms with Crippen LogP contribution in [0.3, 0.4) is 0 Å². The van der Waals surface area contributed by atoms with Gasteiger partial charge in [-0.1, -0.05) is 11.6 Å². The minimum atomic E-state index is 0.0531. The van der Waals surface area contributed by atoms with E-state index in [0.717, 1.165) is 0 Å². The van der Waals surface area contributed by atoms with E-state index in [1.165, 1.54) is 0 Å². The molecule has 0 aliphatic carbocycles. The molecule has 0 saturated heterocycles. The van der Waals surface area contributed by atoms with Crippen LogP contribution in [-0.4, -0.2) is 22.7 Å². The summed E-state index contributed by atoms with van der Waals surface area (Å²) in [5, 5.41) is 2.98. The Balaban J connectivity index is 2.41. The number of halogens is 1. The van der Waals surface area contributed by atoms with Gasteiger partial charge in [0.15, 0.2) is 11.8 Å². The van der Waals surface area contributed by atoms with Crippen LogP contribution in [0.2, 0.25) is 0 Å². The second-order valence-corrected chi connectivity index (χ2v) is 3.19. The lowest BCUT2D eigenvalue weighted by Gasteiger charge is -2.09. The number of aliphatic imine (C=N–C) groups is 1. The summed E-state index contributed by atoms with van der Waals surface area (Å²) in [7, 11) is 0. The average molecular weight is 226 g/mol. The number of aromatic nitrogens is 1. The van der Waals surface area contributed by atoms with Gasteiger partial charge in [-0.15, -0.1) is 0 Å². The third-order valence-electron chi connectivity index (χ3n) is 1.87. The Kier molecular flexibility index (Phi) is 2.49. The third-order valence-corrected chi connectivity index (χ3v) is 2.15. The molecule has 0 radical (unpaired) electrons. The summed E-state index contributed by atoms with van der Waals surface area (Å²) in [6.07, 6.45) is 0. The Morgan fingerprint density at radius 1 is 1.67 bits per heavy atom. The molecule has 2 rings (SSSR count). The molecule has 0 aromatic carbocycles. The first-order valence-corrected chi connectivity index (χ1v) is 4.75. The number of H-pyrrole nitrogens is 1. The van der Waals surface area contributed by atoms with Crippen LogP contribution in [0.25, 0.3) is 0 Å². The van der Waals surface area contributed by atoms with Crippen LogP contribution in [0.4, 0.5) is 5.82 Å². The van der Waals surface area contributed by atoms with Gasteiger partial charge in [0, 0.05) is 6.07 Å². The summed E-state index contributed by atoms with van der Waals surface area (Å²) in [4.78, 5) is 17.1. The fourth-order valence-corrected chi connectivity index (χ4v) is 1.51. The first kappa shape index (κ1) is 9.83. The number of hydrogen-bond donors (Lipinski definition) is 2. The van der Waals surface area contributed by atoms with Crippen LogP contribution in [0.1, 0.15) is 12.5 Å². The van der Waals surface area contributed by atoms with E-state index in [2.05, 4.69) is 15.3 Å². The van der Waals surface area contributed by atoms with E-state index in [0.29, 0.717) is 23.9 Å². The van der Waals surface area contributed by atoms with Crippen molar-refractivity contribution in [3.8, 4) is 5.88 Å². The van der Waals surface area contributed by atoms with Gasteiger partial charge in [0.05, 0.1) is 12.2 Å². The van der Waals surface area contributed by atoms with E-state index in [-0.39, 0.29) is 11.0 Å². The van der Waals surface area contributed by atoms with Crippen molar-refractivity contribution < 1.29 is 9.53 Å². The number of carbonyl (C=O) groups excluding carboxylic acids is 1. The summed E-state index contributed by atoms with van der Waals surface area (Å²) in [6.45, 7) is 2.42. The monoisotopic (exact) mass is 225 g/mol. The number of ether oxygens (including phenoxy) is 1. The van der Waals surface area contributed by atoms with Gasteiger partial charge in [-0.3, -0.25) is 0 Å². The molecule has 78 valence electrons. The lowest BCUT2D eigenvalue weighted by Crippen LogP contribution is -2.09. The van der Waals surface area contributed by atoms with Gasteiger partial charge >= 0.3 is 0 Å². The molecule has 0 bridgehead atoms. The lowest BCUT2D eigenvalue weighted by atomic mass is 10.3. The van der Waals surface area contributed by atoms with Gasteiger partial charge in [-0.2, -0.15) is 0 Å². The predicted molar refractivity (Wildman–Crippen MR) is 57.2 cm³/mol. The number of nitrogens with zero attached hydrogens (tertiary/aromatic N) is 1. The number of hydrogen-bond acceptors (Lipinski definition) is 4. The highest BCUT2D eigenvalue weighted by atomic mass is 35.5. The van der Waals surface area contributed by atoms with Gasteiger partial charge in [0.2, 0.25) is 5.82 Å². The van der Waals surface area contributed by atoms with Crippen LogP contribution >= 0.6 is 11.6 Å². The van der Waals surface area contributed by atoms with Gasteiger partial charge in [0.25, 0.3) is 0 Å². The minimum absolute atomic E-state index is 0.0531. The molecule has 0 spiro atoms. The van der Waals surface area contributed by atoms with Crippen molar-refractivity contribution >= 4 is 28.5 Å². The highest BCUT2D eigenvalue weighted by Crippen LogP contribution is 2.28. The SMILES string of the molecule is CCOc1cc2c([nH]1)NC(=C=O)N=C2Cl. The summed E-state index contributed by atoms with van der Waals surface area (Å²) in [5.41, 5.74) is 0.680. The van der Waals surface area contributed by atoms with Crippen molar-refractivity contribution in [2.45, 2.75) is 6.92 Å². The quantitative estimate of drug-likeness (QED) is 0.750. The summed E-state index contributed by atoms with van der Waals surface area (Å²) in [6, 6.07) is 1.72. The van der Waals surface area contributed by atoms with Gasteiger partial charge in [-0.05, 0) is 6.92 Å². The Bertz CT molecular complexity index is 472. The maximum Gasteiger partial charge on any atom is 0.219 e. The van der Waals surface area contributed by atoms with Crippen LogP contribution in [-0.2, 0) is 4.79 Å². The van der Waals surface area contributed by atoms with Gasteiger partial charge in [-0.25, -0.2) is 9.79 Å². The van der Waals surface area contributed by atoms with Crippen molar-refractivity contribution in [3.05, 3.63) is 17.5 Å². The molecule has 1 aliphatic heterocycles. The second-order valence-electron chi connectivity index (χ2n) is 2.83. The zero-order valence-electron chi connectivity index (χ0n) is 7.93. The van der Waals surface area contributed by atoms with Gasteiger partial charge in [0.1, 0.15) is 11.0 Å². The molecule has 0 unspecified atom stereocenters. The molecule has 2 N–H and O–H groups in total. The molecule has 1 aliphatic rings. The Morgan fingerprint density at radius 3 is 3.13 bits per heavy atom. The fraction of sp³-hybridized carbons (Fsp3) is 0.222. The number of anilines is 1. The number of rotatable bonds is 2. The zero-order valence-corrected chi connectivity index (χ0v) is 8.68. The molecule has 5 nitrogen and oxygen atoms in total. The van der Waals surface area contributed by atoms with Crippen molar-refractivity contribution in [3.63, 3.8) is 0 Å². The molecular formula is C9H8ClN3O2. The van der Waals surface area contributed by atoms with Crippen LogP contribution in [0.15, 0.2) is 16.9 Å². The third kappa shape index (κ3) is 1.75. The molecule has 2 heterocycles. The average Bonchev–Trinajstić information content (AvgIpc) is 2.61. The Morgan fingerprint density at radius 2 is 2.47 bits per heavy atom. The molecule has 0 fully saturated rings. The lowest BCUT2D eigenvalue weighted by molar-refractivity contribution is 0.329. The van der Waals surface area contributed by atoms with Crippen LogP contribution in [0, 0.1) is 0 Å². The van der Waals surface area contributed by atoms with E-state index in [1.54, 1.807) is 12.0 Å². The van der Waals surface area contributed by atoms with Crippen LogP contribution < -0.4 is 10.1 Å². The van der Waals surface area contributed by atoms with Crippen molar-refractivity contribution in [2.24, 2.45) is 4.99 Å². The normalized spacial score (nSPS) is 13.7. The van der Waals surface area contributed by atoms with Crippen molar-refractivity contribution in [1.29, 1.82) is 0 Å². The fourth-order valence-electron chi connectivity index (χ4n) is 1.28. The molecule has 0 amide bonds. The standard InChI is InChI=1S/C9H8ClN3O2/c1-2-15-7-3-5-8(10)11-6(4-14)12-9(5)13-7/h3,12-13H,2H2,1H3. The Hall–Kier alpha value is -1.71. The number of fused-ring (bicyclic) bond motifs is 1. The van der Waals surface area contributed by atoms with E-state index >= 15 is 0 Å². The second kappa shape index (κ2) is 3.81. The van der Waals surface area contributed by atoms with Crippen molar-refractivity contribution in [2.75, 3.05) is 11.9 Å². The maximum atomic E-state index is 10.4. The molecule has 0 saturated carbocycles. The van der Waals surface area contributed by atoms with E-state index in [9.17, 15) is 4.79 Å². The minimum Gasteiger partial charge on any atom is -0.479 e. The predicted octanol–water partition coefficient (Wildman–Crippen LogP) is 1.50. The first-order valence-electron chi connectivity index (χ1n) is 4.37. The molecular weight excluding hydrogens is 218 g/mol. The summed E-state index contributed by atoms with van der Waals surface area (Å²) < 4.78 is 5.26.